The third kappa shape index (κ3) is 7.35. The Hall–Kier alpha value is -2.56. The lowest BCUT2D eigenvalue weighted by atomic mass is 9.89. The van der Waals surface area contributed by atoms with Crippen LogP contribution >= 0.6 is 0 Å². The number of anilines is 1. The summed E-state index contributed by atoms with van der Waals surface area (Å²) in [4.78, 5) is 31.4. The number of sulfonamides is 1. The van der Waals surface area contributed by atoms with E-state index in [4.69, 9.17) is 9.73 Å². The smallest absolute Gasteiger partial charge is 0.253 e. The van der Waals surface area contributed by atoms with Crippen molar-refractivity contribution in [1.29, 1.82) is 0 Å². The number of amidine groups is 1. The highest BCUT2D eigenvalue weighted by Gasteiger charge is 2.46. The number of unbranched alkanes of at least 4 members (excludes halogenated alkanes) is 6. The first-order valence-corrected chi connectivity index (χ1v) is 15.8. The van der Waals surface area contributed by atoms with E-state index in [0.29, 0.717) is 26.0 Å². The number of hydrogen-bond donors (Lipinski definition) is 1. The van der Waals surface area contributed by atoms with Crippen molar-refractivity contribution in [2.45, 2.75) is 83.6 Å². The van der Waals surface area contributed by atoms with E-state index in [1.165, 1.54) is 41.8 Å². The minimum absolute atomic E-state index is 0.0730. The number of carbonyl (C=O) groups is 2. The fourth-order valence-corrected chi connectivity index (χ4v) is 6.64. The minimum atomic E-state index is -3.65. The molecule has 39 heavy (non-hydrogen) atoms. The summed E-state index contributed by atoms with van der Waals surface area (Å²) in [7, 11) is -3.65. The zero-order valence-corrected chi connectivity index (χ0v) is 24.1. The van der Waals surface area contributed by atoms with E-state index in [2.05, 4.69) is 12.2 Å². The maximum atomic E-state index is 13.1. The first-order chi connectivity index (χ1) is 18.7. The summed E-state index contributed by atoms with van der Waals surface area (Å²) in [6.45, 7) is 5.69. The lowest BCUT2D eigenvalue weighted by molar-refractivity contribution is -0.126. The highest BCUT2D eigenvalue weighted by molar-refractivity contribution is 7.92. The molecule has 0 radical (unpaired) electrons. The molecule has 9 nitrogen and oxygen atoms in total. The molecule has 2 saturated heterocycles. The van der Waals surface area contributed by atoms with Gasteiger partial charge in [0.05, 0.1) is 6.61 Å². The number of nitrogens with one attached hydrogen (secondary N) is 1. The molecule has 1 aromatic rings. The summed E-state index contributed by atoms with van der Waals surface area (Å²) in [5, 5.41) is 4.19. The monoisotopic (exact) mass is 558 g/mol. The van der Waals surface area contributed by atoms with Gasteiger partial charge in [0.2, 0.25) is 10.0 Å². The predicted molar refractivity (Wildman–Crippen MR) is 154 cm³/mol. The van der Waals surface area contributed by atoms with Gasteiger partial charge in [0.1, 0.15) is 18.0 Å². The van der Waals surface area contributed by atoms with Crippen molar-refractivity contribution < 1.29 is 22.7 Å². The van der Waals surface area contributed by atoms with Crippen LogP contribution in [-0.4, -0.2) is 68.8 Å². The Morgan fingerprint density at radius 1 is 1.05 bits per heavy atom. The number of aryl methyl sites for hydroxylation is 1. The molecule has 1 aromatic carbocycles. The van der Waals surface area contributed by atoms with Gasteiger partial charge in [-0.05, 0) is 55.5 Å². The van der Waals surface area contributed by atoms with Gasteiger partial charge in [-0.25, -0.2) is 8.42 Å². The van der Waals surface area contributed by atoms with Gasteiger partial charge in [0, 0.05) is 37.2 Å². The Labute approximate surface area is 232 Å². The SMILES string of the molecule is CCCCCCCCCC1=NC2(CCN(S(=O)(=O)/C=C/c3ccc(N4CCOCC4=O)cc3C)CC2)C(=O)N1. The van der Waals surface area contributed by atoms with Gasteiger partial charge in [-0.3, -0.25) is 14.6 Å². The lowest BCUT2D eigenvalue weighted by Gasteiger charge is -2.34. The van der Waals surface area contributed by atoms with Crippen LogP contribution in [0.2, 0.25) is 0 Å². The molecule has 3 aliphatic rings. The maximum Gasteiger partial charge on any atom is 0.253 e. The molecule has 1 N–H and O–H groups in total. The van der Waals surface area contributed by atoms with Gasteiger partial charge in [-0.1, -0.05) is 51.5 Å². The molecule has 1 spiro atoms. The van der Waals surface area contributed by atoms with Gasteiger partial charge in [-0.2, -0.15) is 4.31 Å². The fraction of sp³-hybridized carbons (Fsp3) is 0.621. The maximum absolute atomic E-state index is 13.1. The Kier molecular flexibility index (Phi) is 9.96. The van der Waals surface area contributed by atoms with E-state index >= 15 is 0 Å². The Morgan fingerprint density at radius 2 is 1.77 bits per heavy atom. The zero-order valence-electron chi connectivity index (χ0n) is 23.3. The number of carbonyl (C=O) groups excluding carboxylic acids is 2. The molecule has 2 fully saturated rings. The van der Waals surface area contributed by atoms with Crippen LogP contribution in [0, 0.1) is 6.92 Å². The lowest BCUT2D eigenvalue weighted by Crippen LogP contribution is -2.50. The van der Waals surface area contributed by atoms with Gasteiger partial charge >= 0.3 is 0 Å². The molecular weight excluding hydrogens is 516 g/mol. The average Bonchev–Trinajstić information content (AvgIpc) is 3.22. The fourth-order valence-electron chi connectivity index (χ4n) is 5.45. The van der Waals surface area contributed by atoms with E-state index < -0.39 is 15.6 Å². The van der Waals surface area contributed by atoms with Crippen molar-refractivity contribution >= 4 is 39.4 Å². The Morgan fingerprint density at radius 3 is 2.46 bits per heavy atom. The number of ether oxygens (including phenoxy) is 1. The molecule has 214 valence electrons. The number of nitrogens with zero attached hydrogens (tertiary/aromatic N) is 3. The van der Waals surface area contributed by atoms with E-state index in [9.17, 15) is 18.0 Å². The summed E-state index contributed by atoms with van der Waals surface area (Å²) in [6, 6.07) is 5.55. The van der Waals surface area contributed by atoms with Gasteiger partial charge in [0.25, 0.3) is 11.8 Å². The van der Waals surface area contributed by atoms with Crippen LogP contribution in [-0.2, 0) is 24.3 Å². The summed E-state index contributed by atoms with van der Waals surface area (Å²) in [5.74, 6) is 0.574. The number of hydrogen-bond acceptors (Lipinski definition) is 6. The molecule has 4 rings (SSSR count). The second-order valence-corrected chi connectivity index (χ2v) is 12.6. The normalized spacial score (nSPS) is 20.2. The van der Waals surface area contributed by atoms with Crippen molar-refractivity contribution in [1.82, 2.24) is 9.62 Å². The number of benzene rings is 1. The molecule has 0 saturated carbocycles. The summed E-state index contributed by atoms with van der Waals surface area (Å²) >= 11 is 0. The molecule has 0 unspecified atom stereocenters. The van der Waals surface area contributed by atoms with Crippen molar-refractivity contribution in [2.24, 2.45) is 4.99 Å². The topological polar surface area (TPSA) is 108 Å². The standard InChI is InChI=1S/C29H42N4O5S/c1-3-4-5-6-7-8-9-10-26-30-28(35)29(31-26)14-16-32(17-15-29)39(36,37)20-13-24-11-12-25(21-23(24)2)33-18-19-38-22-27(33)34/h11-13,20-21H,3-10,14-19,22H2,1-2H3,(H,30,31,35)/b20-13+. The van der Waals surface area contributed by atoms with Crippen LogP contribution in [0.3, 0.4) is 0 Å². The summed E-state index contributed by atoms with van der Waals surface area (Å²) < 4.78 is 32.8. The van der Waals surface area contributed by atoms with Crippen molar-refractivity contribution in [2.75, 3.05) is 37.7 Å². The number of piperidine rings is 1. The van der Waals surface area contributed by atoms with E-state index in [0.717, 1.165) is 41.9 Å². The van der Waals surface area contributed by atoms with Crippen LogP contribution in [0.4, 0.5) is 5.69 Å². The van der Waals surface area contributed by atoms with Crippen molar-refractivity contribution in [3.8, 4) is 0 Å². The second kappa shape index (κ2) is 13.2. The van der Waals surface area contributed by atoms with Crippen molar-refractivity contribution in [3.63, 3.8) is 0 Å². The molecule has 0 atom stereocenters. The van der Waals surface area contributed by atoms with E-state index in [-0.39, 0.29) is 31.5 Å². The van der Waals surface area contributed by atoms with Crippen LogP contribution < -0.4 is 10.2 Å². The quantitative estimate of drug-likeness (QED) is 0.388. The van der Waals surface area contributed by atoms with Crippen molar-refractivity contribution in [3.05, 3.63) is 34.7 Å². The van der Waals surface area contributed by atoms with Gasteiger partial charge < -0.3 is 15.0 Å². The Balaban J connectivity index is 1.30. The van der Waals surface area contributed by atoms with Crippen LogP contribution in [0.5, 0.6) is 0 Å². The van der Waals surface area contributed by atoms with Gasteiger partial charge in [-0.15, -0.1) is 0 Å². The molecule has 3 heterocycles. The third-order valence-electron chi connectivity index (χ3n) is 7.93. The molecule has 2 amide bonds. The summed E-state index contributed by atoms with van der Waals surface area (Å²) in [6.07, 6.45) is 11.6. The highest BCUT2D eigenvalue weighted by atomic mass is 32.2. The molecule has 0 aromatic heterocycles. The highest BCUT2D eigenvalue weighted by Crippen LogP contribution is 2.32. The predicted octanol–water partition coefficient (Wildman–Crippen LogP) is 4.16. The number of aliphatic imine (C=N–C) groups is 1. The first kappa shape index (κ1) is 29.4. The Bertz CT molecular complexity index is 1200. The molecule has 0 aliphatic carbocycles. The number of rotatable bonds is 12. The average molecular weight is 559 g/mol. The van der Waals surface area contributed by atoms with Crippen LogP contribution in [0.15, 0.2) is 28.6 Å². The second-order valence-electron chi connectivity index (χ2n) is 10.8. The molecule has 3 aliphatic heterocycles. The van der Waals surface area contributed by atoms with Gasteiger partial charge in [0.15, 0.2) is 0 Å². The first-order valence-electron chi connectivity index (χ1n) is 14.3. The minimum Gasteiger partial charge on any atom is -0.370 e. The molecule has 0 bridgehead atoms. The number of morpholine rings is 1. The number of amides is 2. The largest absolute Gasteiger partial charge is 0.370 e. The van der Waals surface area contributed by atoms with Crippen LogP contribution in [0.25, 0.3) is 6.08 Å². The molecular formula is C29H42N4O5S. The third-order valence-corrected chi connectivity index (χ3v) is 9.49. The zero-order chi connectivity index (χ0) is 27.9. The van der Waals surface area contributed by atoms with E-state index in [1.807, 2.05) is 25.1 Å². The van der Waals surface area contributed by atoms with E-state index in [1.54, 1.807) is 11.0 Å². The molecule has 10 heteroatoms. The summed E-state index contributed by atoms with van der Waals surface area (Å²) in [5.41, 5.74) is 1.59. The van der Waals surface area contributed by atoms with Crippen LogP contribution in [0.1, 0.15) is 82.3 Å².